The third-order valence-electron chi connectivity index (χ3n) is 2.96. The summed E-state index contributed by atoms with van der Waals surface area (Å²) in [6.45, 7) is 4.55. The number of anilines is 1. The van der Waals surface area contributed by atoms with Gasteiger partial charge in [-0.25, -0.2) is 0 Å². The van der Waals surface area contributed by atoms with Crippen LogP contribution >= 0.6 is 0 Å². The molecule has 0 aliphatic carbocycles. The molecule has 0 fully saturated rings. The average molecular weight is 264 g/mol. The minimum Gasteiger partial charge on any atom is -0.395 e. The van der Waals surface area contributed by atoms with Crippen LogP contribution in [0.4, 0.5) is 5.69 Å². The Morgan fingerprint density at radius 1 is 1.21 bits per heavy atom. The largest absolute Gasteiger partial charge is 0.395 e. The number of carbonyl (C=O) groups excluding carboxylic acids is 1. The number of carbonyl (C=O) groups is 1. The maximum atomic E-state index is 11.8. The first-order chi connectivity index (χ1) is 9.26. The van der Waals surface area contributed by atoms with Gasteiger partial charge in [0.2, 0.25) is 5.91 Å². The fourth-order valence-electron chi connectivity index (χ4n) is 1.86. The number of benzene rings is 1. The second-order valence-corrected chi connectivity index (χ2v) is 4.58. The number of amides is 1. The van der Waals surface area contributed by atoms with Crippen LogP contribution in [0, 0.1) is 0 Å². The Labute approximate surface area is 115 Å². The second-order valence-electron chi connectivity index (χ2n) is 4.58. The fourth-order valence-corrected chi connectivity index (χ4v) is 1.86. The maximum Gasteiger partial charge on any atom is 0.225 e. The lowest BCUT2D eigenvalue weighted by atomic mass is 10.2. The monoisotopic (exact) mass is 264 g/mol. The van der Waals surface area contributed by atoms with Gasteiger partial charge in [-0.1, -0.05) is 31.5 Å². The smallest absolute Gasteiger partial charge is 0.225 e. The van der Waals surface area contributed by atoms with E-state index in [1.54, 1.807) is 0 Å². The molecule has 0 aliphatic heterocycles. The van der Waals surface area contributed by atoms with E-state index in [2.05, 4.69) is 17.1 Å². The standard InChI is InChI=1S/C15H24N2O2/c1-2-3-10-17(12-13-18)11-9-15(19)16-14-7-5-4-6-8-14/h4-8,18H,2-3,9-13H2,1H3,(H,16,19). The predicted molar refractivity (Wildman–Crippen MR) is 78.1 cm³/mol. The van der Waals surface area contributed by atoms with Crippen molar-refractivity contribution in [2.45, 2.75) is 26.2 Å². The third-order valence-corrected chi connectivity index (χ3v) is 2.96. The van der Waals surface area contributed by atoms with E-state index >= 15 is 0 Å². The minimum atomic E-state index is 0.0191. The molecule has 0 heterocycles. The van der Waals surface area contributed by atoms with Crippen molar-refractivity contribution in [3.8, 4) is 0 Å². The maximum absolute atomic E-state index is 11.8. The average Bonchev–Trinajstić information content (AvgIpc) is 2.43. The fraction of sp³-hybridized carbons (Fsp3) is 0.533. The Kier molecular flexibility index (Phi) is 7.86. The summed E-state index contributed by atoms with van der Waals surface area (Å²) in [5, 5.41) is 11.9. The number of rotatable bonds is 9. The first kappa shape index (κ1) is 15.7. The lowest BCUT2D eigenvalue weighted by Crippen LogP contribution is -2.31. The van der Waals surface area contributed by atoms with Crippen molar-refractivity contribution in [1.29, 1.82) is 0 Å². The Morgan fingerprint density at radius 3 is 2.58 bits per heavy atom. The number of unbranched alkanes of at least 4 members (excludes halogenated alkanes) is 1. The highest BCUT2D eigenvalue weighted by Crippen LogP contribution is 2.06. The first-order valence-electron chi connectivity index (χ1n) is 6.94. The molecule has 1 rings (SSSR count). The van der Waals surface area contributed by atoms with Crippen molar-refractivity contribution in [3.63, 3.8) is 0 Å². The minimum absolute atomic E-state index is 0.0191. The number of nitrogens with zero attached hydrogens (tertiary/aromatic N) is 1. The molecule has 0 atom stereocenters. The molecule has 0 saturated carbocycles. The number of hydrogen-bond donors (Lipinski definition) is 2. The van der Waals surface area contributed by atoms with Gasteiger partial charge in [-0.05, 0) is 25.1 Å². The lowest BCUT2D eigenvalue weighted by molar-refractivity contribution is -0.116. The van der Waals surface area contributed by atoms with Gasteiger partial charge in [-0.3, -0.25) is 4.79 Å². The van der Waals surface area contributed by atoms with Crippen molar-refractivity contribution in [2.75, 3.05) is 31.6 Å². The highest BCUT2D eigenvalue weighted by atomic mass is 16.3. The van der Waals surface area contributed by atoms with Crippen LogP contribution in [-0.2, 0) is 4.79 Å². The van der Waals surface area contributed by atoms with Gasteiger partial charge in [0.05, 0.1) is 6.61 Å². The van der Waals surface area contributed by atoms with Crippen molar-refractivity contribution < 1.29 is 9.90 Å². The van der Waals surface area contributed by atoms with Crippen LogP contribution in [0.1, 0.15) is 26.2 Å². The van der Waals surface area contributed by atoms with Gasteiger partial charge in [0.15, 0.2) is 0 Å². The number of aliphatic hydroxyl groups is 1. The summed E-state index contributed by atoms with van der Waals surface area (Å²) in [4.78, 5) is 13.9. The zero-order chi connectivity index (χ0) is 13.9. The molecular formula is C15H24N2O2. The molecular weight excluding hydrogens is 240 g/mol. The van der Waals surface area contributed by atoms with Crippen LogP contribution in [0.25, 0.3) is 0 Å². The van der Waals surface area contributed by atoms with E-state index in [4.69, 9.17) is 5.11 Å². The van der Waals surface area contributed by atoms with Crippen LogP contribution in [0.15, 0.2) is 30.3 Å². The van der Waals surface area contributed by atoms with E-state index in [-0.39, 0.29) is 12.5 Å². The molecule has 0 unspecified atom stereocenters. The summed E-state index contributed by atoms with van der Waals surface area (Å²) in [6, 6.07) is 9.47. The number of hydrogen-bond acceptors (Lipinski definition) is 3. The van der Waals surface area contributed by atoms with Crippen molar-refractivity contribution in [3.05, 3.63) is 30.3 Å². The molecule has 0 aromatic heterocycles. The molecule has 1 aromatic rings. The van der Waals surface area contributed by atoms with Gasteiger partial charge in [-0.2, -0.15) is 0 Å². The Bertz CT molecular complexity index is 354. The second kappa shape index (κ2) is 9.53. The zero-order valence-electron chi connectivity index (χ0n) is 11.6. The first-order valence-corrected chi connectivity index (χ1v) is 6.94. The quantitative estimate of drug-likeness (QED) is 0.718. The van der Waals surface area contributed by atoms with Crippen LogP contribution in [0.3, 0.4) is 0 Å². The highest BCUT2D eigenvalue weighted by molar-refractivity contribution is 5.90. The SMILES string of the molecule is CCCCN(CCO)CCC(=O)Nc1ccccc1. The summed E-state index contributed by atoms with van der Waals surface area (Å²) in [5.74, 6) is 0.0191. The molecule has 1 aromatic carbocycles. The molecule has 0 radical (unpaired) electrons. The molecule has 0 saturated heterocycles. The van der Waals surface area contributed by atoms with E-state index in [1.807, 2.05) is 30.3 Å². The summed E-state index contributed by atoms with van der Waals surface area (Å²) >= 11 is 0. The van der Waals surface area contributed by atoms with Crippen LogP contribution < -0.4 is 5.32 Å². The number of aliphatic hydroxyl groups excluding tert-OH is 1. The van der Waals surface area contributed by atoms with Gasteiger partial charge in [0, 0.05) is 25.2 Å². The Balaban J connectivity index is 2.30. The van der Waals surface area contributed by atoms with Gasteiger partial charge >= 0.3 is 0 Å². The molecule has 0 spiro atoms. The van der Waals surface area contributed by atoms with Crippen LogP contribution in [0.2, 0.25) is 0 Å². The van der Waals surface area contributed by atoms with Gasteiger partial charge in [-0.15, -0.1) is 0 Å². The van der Waals surface area contributed by atoms with E-state index in [0.29, 0.717) is 19.5 Å². The molecule has 0 aliphatic rings. The third kappa shape index (κ3) is 6.94. The molecule has 2 N–H and O–H groups in total. The Morgan fingerprint density at radius 2 is 1.95 bits per heavy atom. The van der Waals surface area contributed by atoms with Crippen LogP contribution in [-0.4, -0.2) is 42.2 Å². The normalized spacial score (nSPS) is 10.7. The summed E-state index contributed by atoms with van der Waals surface area (Å²) in [5.41, 5.74) is 0.828. The van der Waals surface area contributed by atoms with Crippen molar-refractivity contribution in [1.82, 2.24) is 4.90 Å². The Hall–Kier alpha value is -1.39. The van der Waals surface area contributed by atoms with E-state index in [9.17, 15) is 4.79 Å². The van der Waals surface area contributed by atoms with E-state index in [1.165, 1.54) is 0 Å². The predicted octanol–water partition coefficient (Wildman–Crippen LogP) is 2.11. The van der Waals surface area contributed by atoms with Crippen molar-refractivity contribution in [2.24, 2.45) is 0 Å². The molecule has 1 amide bonds. The zero-order valence-corrected chi connectivity index (χ0v) is 11.6. The highest BCUT2D eigenvalue weighted by Gasteiger charge is 2.07. The molecule has 0 bridgehead atoms. The van der Waals surface area contributed by atoms with Gasteiger partial charge < -0.3 is 15.3 Å². The summed E-state index contributed by atoms with van der Waals surface area (Å²) in [6.07, 6.45) is 2.68. The lowest BCUT2D eigenvalue weighted by Gasteiger charge is -2.20. The summed E-state index contributed by atoms with van der Waals surface area (Å²) in [7, 11) is 0. The van der Waals surface area contributed by atoms with Crippen LogP contribution in [0.5, 0.6) is 0 Å². The van der Waals surface area contributed by atoms with Gasteiger partial charge in [0.1, 0.15) is 0 Å². The van der Waals surface area contributed by atoms with E-state index in [0.717, 1.165) is 25.1 Å². The summed E-state index contributed by atoms with van der Waals surface area (Å²) < 4.78 is 0. The number of para-hydroxylation sites is 1. The number of nitrogens with one attached hydrogen (secondary N) is 1. The molecule has 106 valence electrons. The molecule has 4 nitrogen and oxygen atoms in total. The molecule has 4 heteroatoms. The molecule has 19 heavy (non-hydrogen) atoms. The topological polar surface area (TPSA) is 52.6 Å². The van der Waals surface area contributed by atoms with E-state index < -0.39 is 0 Å². The van der Waals surface area contributed by atoms with Gasteiger partial charge in [0.25, 0.3) is 0 Å². The van der Waals surface area contributed by atoms with Crippen molar-refractivity contribution >= 4 is 11.6 Å².